The van der Waals surface area contributed by atoms with Gasteiger partial charge in [0, 0.05) is 37.3 Å². The van der Waals surface area contributed by atoms with Crippen molar-refractivity contribution in [3.8, 4) is 0 Å². The number of ether oxygens (including phenoxy) is 1. The van der Waals surface area contributed by atoms with Gasteiger partial charge in [-0.1, -0.05) is 6.07 Å². The van der Waals surface area contributed by atoms with Crippen LogP contribution in [-0.4, -0.2) is 49.0 Å². The number of hydrogen-bond acceptors (Lipinski definition) is 3. The summed E-state index contributed by atoms with van der Waals surface area (Å²) >= 11 is 0. The summed E-state index contributed by atoms with van der Waals surface area (Å²) in [5.74, 6) is 0. The minimum atomic E-state index is -3.28. The molecule has 1 amide bonds. The Balaban J connectivity index is 2.06. The topological polar surface area (TPSA) is 57.4 Å². The minimum absolute atomic E-state index is 0.116. The summed E-state index contributed by atoms with van der Waals surface area (Å²) in [5, 5.41) is 2.05. The first-order chi connectivity index (χ1) is 15.1. The Kier molecular flexibility index (Phi) is 1.46. The molecule has 0 bridgehead atoms. The van der Waals surface area contributed by atoms with E-state index in [0.29, 0.717) is 5.52 Å². The maximum atomic E-state index is 11.6. The van der Waals surface area contributed by atoms with Gasteiger partial charge in [-0.05, 0) is 50.0 Å². The van der Waals surface area contributed by atoms with Gasteiger partial charge in [-0.2, -0.15) is 0 Å². The van der Waals surface area contributed by atoms with E-state index in [1.807, 2.05) is 5.32 Å². The highest BCUT2D eigenvalue weighted by molar-refractivity contribution is 5.84. The van der Waals surface area contributed by atoms with Crippen LogP contribution in [0.15, 0.2) is 24.4 Å². The average Bonchev–Trinajstić information content (AvgIpc) is 3.08. The molecule has 112 valence electrons. The maximum Gasteiger partial charge on any atom is 0.407 e. The Hall–Kier alpha value is -2.01. The molecule has 0 aliphatic carbocycles. The smallest absolute Gasteiger partial charge is 0.407 e. The number of hydrogen-bond donors (Lipinski definition) is 2. The third-order valence-corrected chi connectivity index (χ3v) is 2.94. The molecule has 0 radical (unpaired) electrons. The first-order valence-electron chi connectivity index (χ1n) is 12.6. The molecule has 3 rings (SSSR count). The first-order valence-corrected chi connectivity index (χ1v) is 6.06. The predicted molar refractivity (Wildman–Crippen MR) is 82.5 cm³/mol. The molecule has 1 atom stereocenters. The van der Waals surface area contributed by atoms with Crippen molar-refractivity contribution in [2.75, 3.05) is 27.0 Å². The fourth-order valence-electron chi connectivity index (χ4n) is 2.02. The van der Waals surface area contributed by atoms with Gasteiger partial charge in [0.25, 0.3) is 0 Å². The number of carbonyl (C=O) groups is 1. The second kappa shape index (κ2) is 5.77. The van der Waals surface area contributed by atoms with Gasteiger partial charge in [0.1, 0.15) is 6.56 Å². The number of amides is 1. The van der Waals surface area contributed by atoms with Crippen molar-refractivity contribution in [1.29, 1.82) is 0 Å². The average molecular weight is 300 g/mol. The number of nitrogens with one attached hydrogen (secondary N) is 2. The molecule has 0 spiro atoms. The van der Waals surface area contributed by atoms with E-state index in [1.54, 1.807) is 0 Å². The van der Waals surface area contributed by atoms with Gasteiger partial charge in [0.2, 0.25) is 0 Å². The molecule has 0 saturated carbocycles. The lowest BCUT2D eigenvalue weighted by atomic mass is 10.0. The van der Waals surface area contributed by atoms with Crippen LogP contribution < -0.4 is 5.32 Å². The lowest BCUT2D eigenvalue weighted by Crippen LogP contribution is -2.28. The standard InChI is InChI=1S/C16H21N3O2/c1-19(2)6-5-12-9-17-15-4-3-11(8-14(12)15)7-13-10-21-16(20)18-13/h3-4,8-9,13,17H,5-7,10H2,1-2H3,(H,18,20)/t13-/m0/s1/i1D3,2D3,6D2,7D2,10D2,13D. The zero-order chi connectivity index (χ0) is 26.1. The van der Waals surface area contributed by atoms with Crippen LogP contribution in [0.25, 0.3) is 10.9 Å². The zero-order valence-corrected chi connectivity index (χ0v) is 10.8. The SMILES string of the molecule is [2H]C([2H])([2H])N(C([2H])([2H])[2H])C([2H])([2H])Cc1c[nH]c2ccc(C([2H])([2H])[C@]3([2H])NC(=O)OC3([2H])[2H])cc12. The van der Waals surface area contributed by atoms with E-state index in [2.05, 4.69) is 9.72 Å². The van der Waals surface area contributed by atoms with E-state index in [-0.39, 0.29) is 21.4 Å². The second-order valence-electron chi connectivity index (χ2n) is 4.36. The number of H-pyrrole nitrogens is 1. The van der Waals surface area contributed by atoms with Crippen molar-refractivity contribution in [3.63, 3.8) is 0 Å². The number of aromatic amines is 1. The largest absolute Gasteiger partial charge is 0.447 e. The number of cyclic esters (lactones) is 1. The van der Waals surface area contributed by atoms with E-state index >= 15 is 0 Å². The zero-order valence-electron chi connectivity index (χ0n) is 23.8. The summed E-state index contributed by atoms with van der Waals surface area (Å²) in [5.41, 5.74) is 0.230. The molecule has 1 saturated heterocycles. The van der Waals surface area contributed by atoms with Gasteiger partial charge in [-0.25, -0.2) is 4.79 Å². The Labute approximate surface area is 142 Å². The van der Waals surface area contributed by atoms with Crippen LogP contribution in [0.5, 0.6) is 0 Å². The van der Waals surface area contributed by atoms with E-state index in [0.717, 1.165) is 0 Å². The molecule has 1 aliphatic rings. The van der Waals surface area contributed by atoms with Crippen molar-refractivity contribution < 1.29 is 27.4 Å². The molecular weight excluding hydrogens is 266 g/mol. The van der Waals surface area contributed by atoms with E-state index in [4.69, 9.17) is 17.8 Å². The van der Waals surface area contributed by atoms with Crippen molar-refractivity contribution in [3.05, 3.63) is 35.5 Å². The molecule has 5 heteroatoms. The van der Waals surface area contributed by atoms with Crippen LogP contribution in [0.2, 0.25) is 0 Å². The third-order valence-electron chi connectivity index (χ3n) is 2.94. The van der Waals surface area contributed by atoms with Crippen LogP contribution in [0.3, 0.4) is 0 Å². The van der Waals surface area contributed by atoms with Gasteiger partial charge in [-0.3, -0.25) is 0 Å². The highest BCUT2D eigenvalue weighted by Crippen LogP contribution is 2.21. The molecule has 2 aromatic rings. The summed E-state index contributed by atoms with van der Waals surface area (Å²) in [7, 11) is 0. The number of benzene rings is 1. The molecule has 5 nitrogen and oxygen atoms in total. The Morgan fingerprint density at radius 1 is 1.62 bits per heavy atom. The molecule has 21 heavy (non-hydrogen) atoms. The fourth-order valence-corrected chi connectivity index (χ4v) is 2.02. The summed E-state index contributed by atoms with van der Waals surface area (Å²) in [6.45, 7) is -12.5. The molecule has 1 aliphatic heterocycles. The number of aryl methyl sites for hydroxylation is 1. The first kappa shape index (κ1) is 5.32. The van der Waals surface area contributed by atoms with Crippen molar-refractivity contribution >= 4 is 17.0 Å². The van der Waals surface area contributed by atoms with E-state index in [1.165, 1.54) is 24.4 Å². The van der Waals surface area contributed by atoms with Crippen molar-refractivity contribution in [1.82, 2.24) is 15.2 Å². The minimum Gasteiger partial charge on any atom is -0.447 e. The number of likely N-dealkylation sites (N-methyl/N-ethyl adjacent to an activating group) is 1. The van der Waals surface area contributed by atoms with Gasteiger partial charge >= 0.3 is 6.09 Å². The van der Waals surface area contributed by atoms with Gasteiger partial charge in [0.05, 0.1) is 10.1 Å². The van der Waals surface area contributed by atoms with Crippen LogP contribution in [-0.2, 0) is 17.5 Å². The van der Waals surface area contributed by atoms with E-state index in [9.17, 15) is 4.79 Å². The van der Waals surface area contributed by atoms with Crippen LogP contribution >= 0.6 is 0 Å². The summed E-state index contributed by atoms with van der Waals surface area (Å²) in [6, 6.07) is 0.951. The van der Waals surface area contributed by atoms with Crippen LogP contribution in [0, 0.1) is 0 Å². The Morgan fingerprint density at radius 2 is 2.52 bits per heavy atom. The van der Waals surface area contributed by atoms with Gasteiger partial charge in [-0.15, -0.1) is 0 Å². The quantitative estimate of drug-likeness (QED) is 0.887. The molecule has 2 heterocycles. The number of carbonyl (C=O) groups excluding carboxylic acids is 1. The lowest BCUT2D eigenvalue weighted by Gasteiger charge is -2.09. The molecule has 2 N–H and O–H groups in total. The highest BCUT2D eigenvalue weighted by atomic mass is 16.6. The summed E-state index contributed by atoms with van der Waals surface area (Å²) < 4.78 is 106. The second-order valence-corrected chi connectivity index (χ2v) is 4.36. The summed E-state index contributed by atoms with van der Waals surface area (Å²) in [6.07, 6.45) is -3.54. The third kappa shape index (κ3) is 3.19. The molecular formula is C16H21N3O2. The van der Waals surface area contributed by atoms with Crippen molar-refractivity contribution in [2.45, 2.75) is 18.8 Å². The number of nitrogens with zero attached hydrogens (tertiary/aromatic N) is 1. The normalized spacial score (nSPS) is 35.9. The summed E-state index contributed by atoms with van der Waals surface area (Å²) in [4.78, 5) is 14.2. The Bertz CT molecular complexity index is 1090. The maximum absolute atomic E-state index is 11.6. The highest BCUT2D eigenvalue weighted by Gasteiger charge is 2.22. The van der Waals surface area contributed by atoms with E-state index < -0.39 is 51.9 Å². The van der Waals surface area contributed by atoms with Crippen LogP contribution in [0.4, 0.5) is 4.79 Å². The Morgan fingerprint density at radius 3 is 3.29 bits per heavy atom. The number of fused-ring (bicyclic) bond motifs is 1. The molecule has 1 aromatic heterocycles. The molecule has 1 aromatic carbocycles. The fraction of sp³-hybridized carbons (Fsp3) is 0.438. The van der Waals surface area contributed by atoms with Crippen molar-refractivity contribution in [2.24, 2.45) is 0 Å². The van der Waals surface area contributed by atoms with Crippen LogP contribution in [0.1, 0.15) is 28.9 Å². The monoisotopic (exact) mass is 300 g/mol. The molecule has 1 fully saturated rings. The van der Waals surface area contributed by atoms with Gasteiger partial charge in [0.15, 0.2) is 0 Å². The number of alkyl carbamates (subject to hydrolysis) is 1. The predicted octanol–water partition coefficient (Wildman–Crippen LogP) is 1.92. The lowest BCUT2D eigenvalue weighted by molar-refractivity contribution is 0.177. The molecule has 0 unspecified atom stereocenters. The van der Waals surface area contributed by atoms with Gasteiger partial charge < -0.3 is 19.9 Å². The number of aromatic nitrogens is 1. The number of rotatable bonds is 5.